The molecule has 9 heteroatoms. The number of carboxylic acid groups (broad SMARTS) is 1. The molecule has 0 radical (unpaired) electrons. The molecule has 0 bridgehead atoms. The predicted molar refractivity (Wildman–Crippen MR) is 125 cm³/mol. The second kappa shape index (κ2) is 10.5. The minimum Gasteiger partial charge on any atom is -0.492 e. The maximum Gasteiger partial charge on any atom is 0.306 e. The molecule has 1 aliphatic rings. The quantitative estimate of drug-likeness (QED) is 0.526. The molecule has 2 heterocycles. The Balaban J connectivity index is 1.45. The van der Waals surface area contributed by atoms with Crippen LogP contribution < -0.4 is 10.1 Å². The summed E-state index contributed by atoms with van der Waals surface area (Å²) in [5.41, 5.74) is 2.36. The number of piperidine rings is 1. The van der Waals surface area contributed by atoms with Gasteiger partial charge in [0.05, 0.1) is 11.6 Å². The number of aromatic nitrogens is 2. The normalized spacial score (nSPS) is 14.6. The number of aryl methyl sites for hydroxylation is 1. The first-order valence-corrected chi connectivity index (χ1v) is 11.2. The van der Waals surface area contributed by atoms with Crippen molar-refractivity contribution in [3.63, 3.8) is 0 Å². The summed E-state index contributed by atoms with van der Waals surface area (Å²) in [5, 5.41) is 16.2. The summed E-state index contributed by atoms with van der Waals surface area (Å²) < 4.78 is 21.3. The molecule has 4 rings (SSSR count). The van der Waals surface area contributed by atoms with Crippen molar-refractivity contribution < 1.29 is 23.8 Å². The van der Waals surface area contributed by atoms with Gasteiger partial charge < -0.3 is 15.2 Å². The number of hydrogen-bond donors (Lipinski definition) is 2. The first-order valence-electron chi connectivity index (χ1n) is 11.2. The molecule has 0 atom stereocenters. The highest BCUT2D eigenvalue weighted by molar-refractivity contribution is 6.04. The topological polar surface area (TPSA) is 96.7 Å². The molecule has 0 spiro atoms. The lowest BCUT2D eigenvalue weighted by Crippen LogP contribution is -2.38. The molecule has 1 saturated heterocycles. The summed E-state index contributed by atoms with van der Waals surface area (Å²) in [6.07, 6.45) is 2.98. The van der Waals surface area contributed by atoms with Crippen LogP contribution in [0.4, 0.5) is 10.1 Å². The van der Waals surface area contributed by atoms with E-state index in [1.165, 1.54) is 18.2 Å². The molecule has 178 valence electrons. The number of amides is 1. The molecule has 2 aromatic carbocycles. The van der Waals surface area contributed by atoms with Crippen LogP contribution in [0.25, 0.3) is 11.3 Å². The Morgan fingerprint density at radius 1 is 1.18 bits per heavy atom. The van der Waals surface area contributed by atoms with Crippen molar-refractivity contribution in [3.8, 4) is 17.0 Å². The first kappa shape index (κ1) is 23.4. The monoisotopic (exact) mass is 466 g/mol. The van der Waals surface area contributed by atoms with Crippen molar-refractivity contribution in [2.45, 2.75) is 12.8 Å². The third-order valence-corrected chi connectivity index (χ3v) is 6.02. The van der Waals surface area contributed by atoms with Crippen LogP contribution in [0.2, 0.25) is 0 Å². The van der Waals surface area contributed by atoms with E-state index in [-0.39, 0.29) is 11.5 Å². The summed E-state index contributed by atoms with van der Waals surface area (Å²) in [5.74, 6) is -1.22. The third kappa shape index (κ3) is 5.60. The summed E-state index contributed by atoms with van der Waals surface area (Å²) >= 11 is 0. The zero-order chi connectivity index (χ0) is 24.1. The van der Waals surface area contributed by atoms with Crippen LogP contribution in [-0.2, 0) is 11.8 Å². The molecule has 0 unspecified atom stereocenters. The first-order chi connectivity index (χ1) is 16.4. The highest BCUT2D eigenvalue weighted by Gasteiger charge is 2.24. The lowest BCUT2D eigenvalue weighted by Gasteiger charge is -2.29. The van der Waals surface area contributed by atoms with Crippen LogP contribution in [0, 0.1) is 11.7 Å². The summed E-state index contributed by atoms with van der Waals surface area (Å²) in [4.78, 5) is 25.9. The minimum atomic E-state index is -0.721. The fourth-order valence-electron chi connectivity index (χ4n) is 4.09. The fourth-order valence-corrected chi connectivity index (χ4v) is 4.09. The zero-order valence-corrected chi connectivity index (χ0v) is 18.9. The van der Waals surface area contributed by atoms with Gasteiger partial charge in [-0.2, -0.15) is 5.10 Å². The second-order valence-electron chi connectivity index (χ2n) is 8.32. The van der Waals surface area contributed by atoms with Crippen LogP contribution >= 0.6 is 0 Å². The van der Waals surface area contributed by atoms with Crippen molar-refractivity contribution in [2.75, 3.05) is 31.6 Å². The van der Waals surface area contributed by atoms with Crippen LogP contribution in [0.5, 0.6) is 5.75 Å². The fraction of sp³-hybridized carbons (Fsp3) is 0.320. The number of carbonyl (C=O) groups excluding carboxylic acids is 1. The molecule has 1 fully saturated rings. The smallest absolute Gasteiger partial charge is 0.306 e. The Kier molecular flexibility index (Phi) is 7.22. The average molecular weight is 467 g/mol. The van der Waals surface area contributed by atoms with Gasteiger partial charge in [-0.15, -0.1) is 0 Å². The summed E-state index contributed by atoms with van der Waals surface area (Å²) in [6.45, 7) is 2.60. The van der Waals surface area contributed by atoms with Crippen molar-refractivity contribution in [3.05, 3.63) is 66.1 Å². The van der Waals surface area contributed by atoms with Gasteiger partial charge in [-0.25, -0.2) is 4.39 Å². The number of nitrogens with zero attached hydrogens (tertiary/aromatic N) is 3. The molecule has 0 aliphatic carbocycles. The van der Waals surface area contributed by atoms with E-state index in [0.29, 0.717) is 37.4 Å². The standard InChI is InChI=1S/C25H27FN4O4/c1-29-22(7-10-27-29)21-16-20(28-24(31)18-3-2-4-19(26)15-18)5-6-23(21)34-14-13-30-11-8-17(9-12-30)25(32)33/h2-7,10,15-17H,8-9,11-14H2,1H3,(H,28,31)(H,32,33). The van der Waals surface area contributed by atoms with E-state index in [2.05, 4.69) is 15.3 Å². The van der Waals surface area contributed by atoms with Gasteiger partial charge in [0.2, 0.25) is 0 Å². The van der Waals surface area contributed by atoms with Gasteiger partial charge in [-0.3, -0.25) is 19.2 Å². The van der Waals surface area contributed by atoms with Crippen LogP contribution in [0.15, 0.2) is 54.7 Å². The zero-order valence-electron chi connectivity index (χ0n) is 18.9. The number of anilines is 1. The van der Waals surface area contributed by atoms with Crippen LogP contribution in [0.1, 0.15) is 23.2 Å². The maximum atomic E-state index is 13.5. The molecular weight excluding hydrogens is 439 g/mol. The van der Waals surface area contributed by atoms with E-state index in [1.807, 2.05) is 19.2 Å². The molecule has 1 aliphatic heterocycles. The van der Waals surface area contributed by atoms with Crippen molar-refractivity contribution in [2.24, 2.45) is 13.0 Å². The Morgan fingerprint density at radius 3 is 2.65 bits per heavy atom. The lowest BCUT2D eigenvalue weighted by atomic mass is 9.97. The number of carbonyl (C=O) groups is 2. The molecule has 0 saturated carbocycles. The SMILES string of the molecule is Cn1nccc1-c1cc(NC(=O)c2cccc(F)c2)ccc1OCCN1CCC(C(=O)O)CC1. The van der Waals surface area contributed by atoms with Gasteiger partial charge in [0.15, 0.2) is 0 Å². The van der Waals surface area contributed by atoms with Gasteiger partial charge >= 0.3 is 5.97 Å². The number of halogens is 1. The van der Waals surface area contributed by atoms with Gasteiger partial charge in [0, 0.05) is 36.6 Å². The molecule has 1 amide bonds. The van der Waals surface area contributed by atoms with Gasteiger partial charge in [0.1, 0.15) is 18.2 Å². The third-order valence-electron chi connectivity index (χ3n) is 6.02. The Hall–Kier alpha value is -3.72. The van der Waals surface area contributed by atoms with Crippen molar-refractivity contribution in [1.29, 1.82) is 0 Å². The van der Waals surface area contributed by atoms with Gasteiger partial charge in [-0.05, 0) is 68.4 Å². The average Bonchev–Trinajstić information content (AvgIpc) is 3.25. The second-order valence-corrected chi connectivity index (χ2v) is 8.32. The Morgan fingerprint density at radius 2 is 1.97 bits per heavy atom. The molecular formula is C25H27FN4O4. The van der Waals surface area contributed by atoms with E-state index in [4.69, 9.17) is 9.84 Å². The Bertz CT molecular complexity index is 1170. The number of hydrogen-bond acceptors (Lipinski definition) is 5. The maximum absolute atomic E-state index is 13.5. The van der Waals surface area contributed by atoms with Gasteiger partial charge in [0.25, 0.3) is 5.91 Å². The summed E-state index contributed by atoms with van der Waals surface area (Å²) in [7, 11) is 1.82. The summed E-state index contributed by atoms with van der Waals surface area (Å²) in [6, 6.07) is 12.7. The molecule has 3 aromatic rings. The molecule has 2 N–H and O–H groups in total. The Labute approximate surface area is 197 Å². The van der Waals surface area contributed by atoms with E-state index in [1.54, 1.807) is 29.1 Å². The van der Waals surface area contributed by atoms with Gasteiger partial charge in [-0.1, -0.05) is 6.07 Å². The highest BCUT2D eigenvalue weighted by Crippen LogP contribution is 2.33. The molecule has 1 aromatic heterocycles. The van der Waals surface area contributed by atoms with E-state index < -0.39 is 17.7 Å². The van der Waals surface area contributed by atoms with Crippen molar-refractivity contribution in [1.82, 2.24) is 14.7 Å². The number of rotatable bonds is 8. The number of ether oxygens (including phenoxy) is 1. The number of aliphatic carboxylic acids is 1. The largest absolute Gasteiger partial charge is 0.492 e. The van der Waals surface area contributed by atoms with E-state index >= 15 is 0 Å². The van der Waals surface area contributed by atoms with E-state index in [9.17, 15) is 14.0 Å². The number of likely N-dealkylation sites (tertiary alicyclic amines) is 1. The number of carboxylic acids is 1. The molecule has 34 heavy (non-hydrogen) atoms. The van der Waals surface area contributed by atoms with E-state index in [0.717, 1.165) is 24.3 Å². The van der Waals surface area contributed by atoms with Crippen LogP contribution in [0.3, 0.4) is 0 Å². The minimum absolute atomic E-state index is 0.231. The number of nitrogens with one attached hydrogen (secondary N) is 1. The van der Waals surface area contributed by atoms with Crippen molar-refractivity contribution >= 4 is 17.6 Å². The molecule has 8 nitrogen and oxygen atoms in total. The lowest BCUT2D eigenvalue weighted by molar-refractivity contribution is -0.143. The highest BCUT2D eigenvalue weighted by atomic mass is 19.1. The number of benzene rings is 2. The van der Waals surface area contributed by atoms with Crippen LogP contribution in [-0.4, -0.2) is 57.9 Å². The predicted octanol–water partition coefficient (Wildman–Crippen LogP) is 3.65.